The van der Waals surface area contributed by atoms with Crippen molar-refractivity contribution in [1.82, 2.24) is 0 Å². The van der Waals surface area contributed by atoms with Gasteiger partial charge in [0.1, 0.15) is 5.78 Å². The van der Waals surface area contributed by atoms with E-state index in [9.17, 15) is 4.79 Å². The second kappa shape index (κ2) is 6.87. The average molecular weight is 167 g/mol. The Morgan fingerprint density at radius 2 is 2.25 bits per heavy atom. The largest absolute Gasteiger partial charge is 0.330 e. The number of carbonyl (C=O) groups is 1. The maximum atomic E-state index is 11.3. The Labute approximate surface area is 74.5 Å². The molecule has 0 aliphatic carbocycles. The zero-order valence-corrected chi connectivity index (χ0v) is 7.89. The molecule has 12 heavy (non-hydrogen) atoms. The highest BCUT2D eigenvalue weighted by atomic mass is 16.1. The van der Waals surface area contributed by atoms with Crippen LogP contribution in [0.25, 0.3) is 0 Å². The smallest absolute Gasteiger partial charge is 0.149 e. The summed E-state index contributed by atoms with van der Waals surface area (Å²) in [6.07, 6.45) is 2.26. The van der Waals surface area contributed by atoms with Crippen LogP contribution in [0, 0.1) is 17.8 Å². The molecule has 0 radical (unpaired) electrons. The van der Waals surface area contributed by atoms with Crippen molar-refractivity contribution in [2.24, 2.45) is 11.7 Å². The summed E-state index contributed by atoms with van der Waals surface area (Å²) in [5.41, 5.74) is 5.46. The van der Waals surface area contributed by atoms with Crippen molar-refractivity contribution in [3.05, 3.63) is 0 Å². The average Bonchev–Trinajstić information content (AvgIpc) is 2.10. The van der Waals surface area contributed by atoms with Gasteiger partial charge in [0.05, 0.1) is 6.42 Å². The molecule has 0 aliphatic rings. The van der Waals surface area contributed by atoms with Crippen LogP contribution in [-0.2, 0) is 4.79 Å². The van der Waals surface area contributed by atoms with E-state index in [0.717, 1.165) is 12.8 Å². The first-order valence-electron chi connectivity index (χ1n) is 4.38. The van der Waals surface area contributed by atoms with Crippen LogP contribution in [0.5, 0.6) is 0 Å². The molecule has 0 aromatic heterocycles. The molecule has 1 unspecified atom stereocenters. The zero-order valence-electron chi connectivity index (χ0n) is 7.89. The standard InChI is InChI=1S/C10H17NO/c1-3-5-7-10(12)9(8-11)6-4-2/h9H,4,6-8,11H2,1-2H3. The fraction of sp³-hybridized carbons (Fsp3) is 0.700. The van der Waals surface area contributed by atoms with Crippen LogP contribution in [0.4, 0.5) is 0 Å². The lowest BCUT2D eigenvalue weighted by Crippen LogP contribution is -2.23. The number of hydrogen-bond donors (Lipinski definition) is 1. The van der Waals surface area contributed by atoms with Crippen LogP contribution in [0.3, 0.4) is 0 Å². The highest BCUT2D eigenvalue weighted by Crippen LogP contribution is 2.07. The van der Waals surface area contributed by atoms with Crippen LogP contribution >= 0.6 is 0 Å². The molecule has 0 heterocycles. The predicted octanol–water partition coefficient (Wildman–Crippen LogP) is 1.34. The molecule has 0 aliphatic heterocycles. The van der Waals surface area contributed by atoms with Gasteiger partial charge in [-0.15, -0.1) is 5.92 Å². The van der Waals surface area contributed by atoms with Gasteiger partial charge >= 0.3 is 0 Å². The van der Waals surface area contributed by atoms with E-state index in [4.69, 9.17) is 5.73 Å². The van der Waals surface area contributed by atoms with Crippen molar-refractivity contribution in [3.8, 4) is 11.8 Å². The molecule has 0 aromatic rings. The van der Waals surface area contributed by atoms with Gasteiger partial charge in [-0.05, 0) is 13.3 Å². The van der Waals surface area contributed by atoms with Gasteiger partial charge in [0.15, 0.2) is 0 Å². The van der Waals surface area contributed by atoms with Gasteiger partial charge in [-0.25, -0.2) is 0 Å². The molecule has 2 nitrogen and oxygen atoms in total. The molecule has 0 bridgehead atoms. The lowest BCUT2D eigenvalue weighted by atomic mass is 9.97. The molecule has 2 N–H and O–H groups in total. The van der Waals surface area contributed by atoms with E-state index in [0.29, 0.717) is 13.0 Å². The number of Topliss-reactive ketones (excluding diaryl/α,β-unsaturated/α-hetero) is 1. The van der Waals surface area contributed by atoms with Crippen molar-refractivity contribution >= 4 is 5.78 Å². The van der Waals surface area contributed by atoms with Gasteiger partial charge in [0.25, 0.3) is 0 Å². The lowest BCUT2D eigenvalue weighted by Gasteiger charge is -2.09. The number of rotatable bonds is 5. The number of carbonyl (C=O) groups excluding carboxylic acids is 1. The van der Waals surface area contributed by atoms with Crippen molar-refractivity contribution in [1.29, 1.82) is 0 Å². The maximum Gasteiger partial charge on any atom is 0.149 e. The van der Waals surface area contributed by atoms with Gasteiger partial charge in [0, 0.05) is 12.5 Å². The first kappa shape index (κ1) is 11.2. The van der Waals surface area contributed by atoms with Crippen LogP contribution in [0.15, 0.2) is 0 Å². The predicted molar refractivity (Wildman–Crippen MR) is 50.5 cm³/mol. The van der Waals surface area contributed by atoms with Crippen LogP contribution in [-0.4, -0.2) is 12.3 Å². The van der Waals surface area contributed by atoms with E-state index in [1.54, 1.807) is 6.92 Å². The second-order valence-corrected chi connectivity index (χ2v) is 2.79. The topological polar surface area (TPSA) is 43.1 Å². The zero-order chi connectivity index (χ0) is 9.40. The molecule has 0 rings (SSSR count). The summed E-state index contributed by atoms with van der Waals surface area (Å²) in [6.45, 7) is 4.25. The van der Waals surface area contributed by atoms with Gasteiger partial charge in [-0.3, -0.25) is 4.79 Å². The Hall–Kier alpha value is -0.810. The summed E-state index contributed by atoms with van der Waals surface area (Å²) >= 11 is 0. The summed E-state index contributed by atoms with van der Waals surface area (Å²) in [4.78, 5) is 11.3. The maximum absolute atomic E-state index is 11.3. The summed E-state index contributed by atoms with van der Waals surface area (Å²) in [5.74, 6) is 5.69. The molecule has 68 valence electrons. The van der Waals surface area contributed by atoms with E-state index in [1.165, 1.54) is 0 Å². The van der Waals surface area contributed by atoms with E-state index >= 15 is 0 Å². The van der Waals surface area contributed by atoms with Gasteiger partial charge in [0.2, 0.25) is 0 Å². The summed E-state index contributed by atoms with van der Waals surface area (Å²) in [5, 5.41) is 0. The van der Waals surface area contributed by atoms with Crippen LogP contribution < -0.4 is 5.73 Å². The molecule has 0 spiro atoms. The molecule has 0 amide bonds. The van der Waals surface area contributed by atoms with Gasteiger partial charge < -0.3 is 5.73 Å². The molecule has 2 heteroatoms. The Bertz CT molecular complexity index is 188. The third kappa shape index (κ3) is 4.15. The molecule has 0 saturated carbocycles. The van der Waals surface area contributed by atoms with E-state index in [2.05, 4.69) is 18.8 Å². The minimum Gasteiger partial charge on any atom is -0.330 e. The fourth-order valence-corrected chi connectivity index (χ4v) is 1.08. The summed E-state index contributed by atoms with van der Waals surface area (Å²) in [7, 11) is 0. The third-order valence-electron chi connectivity index (χ3n) is 1.82. The van der Waals surface area contributed by atoms with Crippen molar-refractivity contribution < 1.29 is 4.79 Å². The first-order valence-corrected chi connectivity index (χ1v) is 4.38. The van der Waals surface area contributed by atoms with E-state index in [-0.39, 0.29) is 11.7 Å². The van der Waals surface area contributed by atoms with Crippen LogP contribution in [0.2, 0.25) is 0 Å². The van der Waals surface area contributed by atoms with Crippen molar-refractivity contribution in [2.45, 2.75) is 33.1 Å². The summed E-state index contributed by atoms with van der Waals surface area (Å²) < 4.78 is 0. The fourth-order valence-electron chi connectivity index (χ4n) is 1.08. The van der Waals surface area contributed by atoms with Gasteiger partial charge in [-0.2, -0.15) is 0 Å². The minimum atomic E-state index is 0.0239. The Balaban J connectivity index is 3.90. The SMILES string of the molecule is CC#CCC(=O)C(CN)CCC. The minimum absolute atomic E-state index is 0.0239. The molecule has 0 saturated heterocycles. The number of hydrogen-bond acceptors (Lipinski definition) is 2. The van der Waals surface area contributed by atoms with E-state index in [1.807, 2.05) is 0 Å². The molecular weight excluding hydrogens is 150 g/mol. The Morgan fingerprint density at radius 3 is 2.67 bits per heavy atom. The molecular formula is C10H17NO. The van der Waals surface area contributed by atoms with E-state index < -0.39 is 0 Å². The van der Waals surface area contributed by atoms with Crippen molar-refractivity contribution in [2.75, 3.05) is 6.54 Å². The normalized spacial score (nSPS) is 11.6. The highest BCUT2D eigenvalue weighted by molar-refractivity contribution is 5.83. The number of ketones is 1. The third-order valence-corrected chi connectivity index (χ3v) is 1.82. The first-order chi connectivity index (χ1) is 5.76. The number of nitrogens with two attached hydrogens (primary N) is 1. The quantitative estimate of drug-likeness (QED) is 0.628. The molecule has 0 aromatic carbocycles. The van der Waals surface area contributed by atoms with Crippen LogP contribution in [0.1, 0.15) is 33.1 Å². The molecule has 0 fully saturated rings. The molecule has 1 atom stereocenters. The summed E-state index contributed by atoms with van der Waals surface area (Å²) in [6, 6.07) is 0. The monoisotopic (exact) mass is 167 g/mol. The Morgan fingerprint density at radius 1 is 1.58 bits per heavy atom. The van der Waals surface area contributed by atoms with Gasteiger partial charge in [-0.1, -0.05) is 19.3 Å². The lowest BCUT2D eigenvalue weighted by molar-refractivity contribution is -0.121. The highest BCUT2D eigenvalue weighted by Gasteiger charge is 2.13. The second-order valence-electron chi connectivity index (χ2n) is 2.79. The Kier molecular flexibility index (Phi) is 6.41. The van der Waals surface area contributed by atoms with Crippen molar-refractivity contribution in [3.63, 3.8) is 0 Å².